The average molecular weight is 168 g/mol. The summed E-state index contributed by atoms with van der Waals surface area (Å²) in [5.74, 6) is -0.314. The molecule has 0 saturated heterocycles. The second kappa shape index (κ2) is 4.04. The number of hydrogen-bond acceptors (Lipinski definition) is 3. The van der Waals surface area contributed by atoms with E-state index in [1.54, 1.807) is 6.92 Å². The van der Waals surface area contributed by atoms with Crippen LogP contribution in [-0.2, 0) is 14.3 Å². The standard InChI is InChI=1S/C9H12O3/c1-2-12-9(11)6-7-4-3-5-8(7)10/h6H,2-5H2,1H3/b7-6+. The van der Waals surface area contributed by atoms with Crippen molar-refractivity contribution in [2.75, 3.05) is 6.61 Å². The Bertz CT molecular complexity index is 228. The molecule has 3 nitrogen and oxygen atoms in total. The van der Waals surface area contributed by atoms with Crippen LogP contribution < -0.4 is 0 Å². The van der Waals surface area contributed by atoms with Crippen LogP contribution in [0.15, 0.2) is 11.6 Å². The largest absolute Gasteiger partial charge is 0.463 e. The lowest BCUT2D eigenvalue weighted by atomic mass is 10.2. The highest BCUT2D eigenvalue weighted by atomic mass is 16.5. The van der Waals surface area contributed by atoms with Crippen molar-refractivity contribution in [2.45, 2.75) is 26.2 Å². The average Bonchev–Trinajstić information content (AvgIpc) is 2.37. The Morgan fingerprint density at radius 1 is 1.58 bits per heavy atom. The van der Waals surface area contributed by atoms with E-state index in [4.69, 9.17) is 0 Å². The number of carbonyl (C=O) groups excluding carboxylic acids is 2. The number of carbonyl (C=O) groups is 2. The van der Waals surface area contributed by atoms with Crippen LogP contribution in [-0.4, -0.2) is 18.4 Å². The molecule has 0 radical (unpaired) electrons. The lowest BCUT2D eigenvalue weighted by Gasteiger charge is -1.96. The smallest absolute Gasteiger partial charge is 0.331 e. The second-order valence-electron chi connectivity index (χ2n) is 2.70. The van der Waals surface area contributed by atoms with E-state index in [0.29, 0.717) is 18.6 Å². The molecular weight excluding hydrogens is 156 g/mol. The molecule has 0 amide bonds. The minimum atomic E-state index is -0.400. The van der Waals surface area contributed by atoms with Gasteiger partial charge in [0.05, 0.1) is 6.61 Å². The predicted octanol–water partition coefficient (Wildman–Crippen LogP) is 1.23. The van der Waals surface area contributed by atoms with Crippen molar-refractivity contribution >= 4 is 11.8 Å². The summed E-state index contributed by atoms with van der Waals surface area (Å²) in [6.45, 7) is 2.10. The van der Waals surface area contributed by atoms with Crippen LogP contribution in [0.1, 0.15) is 26.2 Å². The highest BCUT2D eigenvalue weighted by Crippen LogP contribution is 2.19. The molecule has 0 aromatic rings. The second-order valence-corrected chi connectivity index (χ2v) is 2.70. The van der Waals surface area contributed by atoms with Gasteiger partial charge < -0.3 is 4.74 Å². The summed E-state index contributed by atoms with van der Waals surface area (Å²) in [6, 6.07) is 0. The van der Waals surface area contributed by atoms with Crippen molar-refractivity contribution < 1.29 is 14.3 Å². The molecule has 12 heavy (non-hydrogen) atoms. The number of allylic oxidation sites excluding steroid dienone is 1. The molecule has 0 atom stereocenters. The normalized spacial score (nSPS) is 20.1. The minimum absolute atomic E-state index is 0.0862. The summed E-state index contributed by atoms with van der Waals surface area (Å²) in [6.07, 6.45) is 3.48. The first-order valence-corrected chi connectivity index (χ1v) is 4.14. The zero-order valence-corrected chi connectivity index (χ0v) is 7.13. The van der Waals surface area contributed by atoms with Gasteiger partial charge in [0.1, 0.15) is 0 Å². The summed E-state index contributed by atoms with van der Waals surface area (Å²) >= 11 is 0. The Kier molecular flexibility index (Phi) is 3.02. The van der Waals surface area contributed by atoms with E-state index in [9.17, 15) is 9.59 Å². The number of ether oxygens (including phenoxy) is 1. The molecule has 0 aliphatic heterocycles. The Morgan fingerprint density at radius 2 is 2.33 bits per heavy atom. The van der Waals surface area contributed by atoms with Gasteiger partial charge in [-0.05, 0) is 19.8 Å². The molecule has 1 saturated carbocycles. The molecule has 1 aliphatic carbocycles. The van der Waals surface area contributed by atoms with Gasteiger partial charge in [-0.25, -0.2) is 4.79 Å². The van der Waals surface area contributed by atoms with Crippen LogP contribution >= 0.6 is 0 Å². The van der Waals surface area contributed by atoms with Crippen molar-refractivity contribution in [1.82, 2.24) is 0 Å². The maximum Gasteiger partial charge on any atom is 0.331 e. The van der Waals surface area contributed by atoms with Crippen LogP contribution in [0.5, 0.6) is 0 Å². The van der Waals surface area contributed by atoms with Crippen LogP contribution in [0.2, 0.25) is 0 Å². The molecule has 66 valence electrons. The third kappa shape index (κ3) is 2.19. The molecule has 1 aliphatic rings. The van der Waals surface area contributed by atoms with Gasteiger partial charge in [-0.3, -0.25) is 4.79 Å². The number of rotatable bonds is 2. The predicted molar refractivity (Wildman–Crippen MR) is 43.6 cm³/mol. The highest BCUT2D eigenvalue weighted by molar-refractivity contribution is 6.02. The summed E-state index contributed by atoms with van der Waals surface area (Å²) in [7, 11) is 0. The molecule has 1 fully saturated rings. The summed E-state index contributed by atoms with van der Waals surface area (Å²) in [5.41, 5.74) is 0.619. The van der Waals surface area contributed by atoms with Crippen molar-refractivity contribution in [1.29, 1.82) is 0 Å². The van der Waals surface area contributed by atoms with Gasteiger partial charge >= 0.3 is 5.97 Å². The summed E-state index contributed by atoms with van der Waals surface area (Å²) < 4.78 is 4.68. The molecule has 0 N–H and O–H groups in total. The molecular formula is C9H12O3. The van der Waals surface area contributed by atoms with Crippen molar-refractivity contribution in [3.05, 3.63) is 11.6 Å². The van der Waals surface area contributed by atoms with E-state index in [-0.39, 0.29) is 5.78 Å². The number of esters is 1. The third-order valence-corrected chi connectivity index (χ3v) is 1.79. The van der Waals surface area contributed by atoms with E-state index in [1.807, 2.05) is 0 Å². The topological polar surface area (TPSA) is 43.4 Å². The van der Waals surface area contributed by atoms with Crippen molar-refractivity contribution in [3.63, 3.8) is 0 Å². The fourth-order valence-corrected chi connectivity index (χ4v) is 1.22. The van der Waals surface area contributed by atoms with Crippen LogP contribution in [0, 0.1) is 0 Å². The number of Topliss-reactive ketones (excluding diaryl/α,β-unsaturated/α-hetero) is 1. The first-order valence-electron chi connectivity index (χ1n) is 4.14. The van der Waals surface area contributed by atoms with E-state index in [2.05, 4.69) is 4.74 Å². The first kappa shape index (κ1) is 8.97. The zero-order chi connectivity index (χ0) is 8.97. The minimum Gasteiger partial charge on any atom is -0.463 e. The fraction of sp³-hybridized carbons (Fsp3) is 0.556. The first-order chi connectivity index (χ1) is 5.74. The van der Waals surface area contributed by atoms with Gasteiger partial charge in [0.2, 0.25) is 0 Å². The molecule has 0 unspecified atom stereocenters. The molecule has 0 bridgehead atoms. The lowest BCUT2D eigenvalue weighted by Crippen LogP contribution is -2.03. The SMILES string of the molecule is CCOC(=O)/C=C1\CCCC1=O. The number of ketones is 1. The Labute approximate surface area is 71.4 Å². The van der Waals surface area contributed by atoms with Crippen molar-refractivity contribution in [3.8, 4) is 0 Å². The monoisotopic (exact) mass is 168 g/mol. The van der Waals surface area contributed by atoms with Gasteiger partial charge in [-0.15, -0.1) is 0 Å². The van der Waals surface area contributed by atoms with E-state index in [0.717, 1.165) is 12.8 Å². The van der Waals surface area contributed by atoms with E-state index < -0.39 is 5.97 Å². The molecule has 0 heterocycles. The van der Waals surface area contributed by atoms with Gasteiger partial charge in [-0.2, -0.15) is 0 Å². The fourth-order valence-electron chi connectivity index (χ4n) is 1.22. The van der Waals surface area contributed by atoms with Gasteiger partial charge in [-0.1, -0.05) is 0 Å². The zero-order valence-electron chi connectivity index (χ0n) is 7.13. The van der Waals surface area contributed by atoms with Crippen molar-refractivity contribution in [2.24, 2.45) is 0 Å². The van der Waals surface area contributed by atoms with E-state index >= 15 is 0 Å². The van der Waals surface area contributed by atoms with Gasteiger partial charge in [0.25, 0.3) is 0 Å². The quantitative estimate of drug-likeness (QED) is 0.460. The molecule has 3 heteroatoms. The third-order valence-electron chi connectivity index (χ3n) is 1.79. The Balaban J connectivity index is 2.55. The maximum absolute atomic E-state index is 11.0. The maximum atomic E-state index is 11.0. The van der Waals surface area contributed by atoms with Crippen LogP contribution in [0.25, 0.3) is 0 Å². The van der Waals surface area contributed by atoms with Crippen LogP contribution in [0.4, 0.5) is 0 Å². The number of hydrogen-bond donors (Lipinski definition) is 0. The van der Waals surface area contributed by atoms with E-state index in [1.165, 1.54) is 6.08 Å². The molecule has 1 rings (SSSR count). The Morgan fingerprint density at radius 3 is 2.83 bits per heavy atom. The Hall–Kier alpha value is -1.12. The lowest BCUT2D eigenvalue weighted by molar-refractivity contribution is -0.137. The molecule has 0 aromatic heterocycles. The highest BCUT2D eigenvalue weighted by Gasteiger charge is 2.17. The molecule has 0 aromatic carbocycles. The van der Waals surface area contributed by atoms with Gasteiger partial charge in [0, 0.05) is 18.1 Å². The van der Waals surface area contributed by atoms with Crippen LogP contribution in [0.3, 0.4) is 0 Å². The molecule has 0 spiro atoms. The summed E-state index contributed by atoms with van der Waals surface area (Å²) in [5, 5.41) is 0. The summed E-state index contributed by atoms with van der Waals surface area (Å²) in [4.78, 5) is 21.9. The van der Waals surface area contributed by atoms with Gasteiger partial charge in [0.15, 0.2) is 5.78 Å².